The van der Waals surface area contributed by atoms with Gasteiger partial charge >= 0.3 is 0 Å². The third-order valence-electron chi connectivity index (χ3n) is 6.52. The highest BCUT2D eigenvalue weighted by molar-refractivity contribution is 5.94. The average Bonchev–Trinajstić information content (AvgIpc) is 3.09. The highest BCUT2D eigenvalue weighted by Gasteiger charge is 2.40. The Labute approximate surface area is 150 Å². The number of fused-ring (bicyclic) bond motifs is 2. The van der Waals surface area contributed by atoms with Gasteiger partial charge in [-0.15, -0.1) is 0 Å². The van der Waals surface area contributed by atoms with Crippen LogP contribution in [0.5, 0.6) is 5.75 Å². The second-order valence-corrected chi connectivity index (χ2v) is 8.21. The molecule has 0 radical (unpaired) electrons. The van der Waals surface area contributed by atoms with Crippen LogP contribution in [0.3, 0.4) is 0 Å². The van der Waals surface area contributed by atoms with Gasteiger partial charge in [0, 0.05) is 12.0 Å². The largest absolute Gasteiger partial charge is 0.488 e. The SMILES string of the molecule is NC1C2CCCC1CC(C(=O)Nc1ccccc1OC1CCCC1)C2. The van der Waals surface area contributed by atoms with Gasteiger partial charge in [0.2, 0.25) is 5.91 Å². The van der Waals surface area contributed by atoms with Gasteiger partial charge < -0.3 is 15.8 Å². The van der Waals surface area contributed by atoms with Crippen LogP contribution in [0.2, 0.25) is 0 Å². The number of carbonyl (C=O) groups is 1. The Morgan fingerprint density at radius 1 is 1.00 bits per heavy atom. The summed E-state index contributed by atoms with van der Waals surface area (Å²) in [5, 5.41) is 3.15. The zero-order chi connectivity index (χ0) is 17.2. The van der Waals surface area contributed by atoms with Crippen LogP contribution in [0, 0.1) is 17.8 Å². The predicted molar refractivity (Wildman–Crippen MR) is 99.5 cm³/mol. The fourth-order valence-corrected chi connectivity index (χ4v) is 5.10. The Morgan fingerprint density at radius 3 is 2.40 bits per heavy atom. The van der Waals surface area contributed by atoms with Crippen molar-refractivity contribution in [3.8, 4) is 5.75 Å². The monoisotopic (exact) mass is 342 g/mol. The van der Waals surface area contributed by atoms with E-state index in [0.717, 1.165) is 37.1 Å². The number of benzene rings is 1. The number of amides is 1. The molecule has 3 fully saturated rings. The summed E-state index contributed by atoms with van der Waals surface area (Å²) in [6.07, 6.45) is 10.5. The van der Waals surface area contributed by atoms with E-state index in [2.05, 4.69) is 5.32 Å². The summed E-state index contributed by atoms with van der Waals surface area (Å²) in [4.78, 5) is 12.9. The molecule has 136 valence electrons. The minimum absolute atomic E-state index is 0.0923. The molecular weight excluding hydrogens is 312 g/mol. The molecule has 0 aliphatic heterocycles. The highest BCUT2D eigenvalue weighted by atomic mass is 16.5. The van der Waals surface area contributed by atoms with E-state index in [4.69, 9.17) is 10.5 Å². The lowest BCUT2D eigenvalue weighted by Crippen LogP contribution is -2.48. The Bertz CT molecular complexity index is 598. The summed E-state index contributed by atoms with van der Waals surface area (Å²) in [6.45, 7) is 0. The van der Waals surface area contributed by atoms with E-state index in [1.807, 2.05) is 24.3 Å². The first-order valence-electron chi connectivity index (χ1n) is 10.0. The van der Waals surface area contributed by atoms with Gasteiger partial charge in [0.15, 0.2) is 0 Å². The lowest BCUT2D eigenvalue weighted by atomic mass is 9.65. The molecule has 0 saturated heterocycles. The standard InChI is InChI=1S/C21H30N2O2/c22-20-14-6-5-7-15(20)13-16(12-14)21(24)23-18-10-3-4-11-19(18)25-17-8-1-2-9-17/h3-4,10-11,14-17,20H,1-2,5-9,12-13,22H2,(H,23,24). The third-order valence-corrected chi connectivity index (χ3v) is 6.52. The molecule has 3 aliphatic carbocycles. The maximum atomic E-state index is 12.9. The number of rotatable bonds is 4. The molecule has 2 bridgehead atoms. The molecule has 1 aromatic rings. The molecule has 4 heteroatoms. The van der Waals surface area contributed by atoms with Crippen LogP contribution in [0.4, 0.5) is 5.69 Å². The fraction of sp³-hybridized carbons (Fsp3) is 0.667. The topological polar surface area (TPSA) is 64.4 Å². The van der Waals surface area contributed by atoms with Crippen LogP contribution in [0.25, 0.3) is 0 Å². The van der Waals surface area contributed by atoms with Crippen molar-refractivity contribution in [3.05, 3.63) is 24.3 Å². The van der Waals surface area contributed by atoms with E-state index in [9.17, 15) is 4.79 Å². The molecule has 2 atom stereocenters. The van der Waals surface area contributed by atoms with Gasteiger partial charge in [0.25, 0.3) is 0 Å². The van der Waals surface area contributed by atoms with Gasteiger partial charge in [-0.1, -0.05) is 18.6 Å². The second-order valence-electron chi connectivity index (χ2n) is 8.21. The smallest absolute Gasteiger partial charge is 0.227 e. The van der Waals surface area contributed by atoms with E-state index in [1.54, 1.807) is 0 Å². The summed E-state index contributed by atoms with van der Waals surface area (Å²) in [7, 11) is 0. The van der Waals surface area contributed by atoms with Crippen molar-refractivity contribution < 1.29 is 9.53 Å². The molecule has 3 N–H and O–H groups in total. The first-order chi connectivity index (χ1) is 12.2. The molecule has 0 heterocycles. The Hall–Kier alpha value is -1.55. The van der Waals surface area contributed by atoms with Crippen LogP contribution < -0.4 is 15.8 Å². The van der Waals surface area contributed by atoms with Crippen LogP contribution >= 0.6 is 0 Å². The Balaban J connectivity index is 1.42. The molecule has 3 aliphatic rings. The fourth-order valence-electron chi connectivity index (χ4n) is 5.10. The number of ether oxygens (including phenoxy) is 1. The van der Waals surface area contributed by atoms with Crippen LogP contribution in [-0.4, -0.2) is 18.1 Å². The molecule has 4 nitrogen and oxygen atoms in total. The van der Waals surface area contributed by atoms with E-state index >= 15 is 0 Å². The van der Waals surface area contributed by atoms with Crippen molar-refractivity contribution in [2.45, 2.75) is 69.9 Å². The van der Waals surface area contributed by atoms with Gasteiger partial charge in [0.05, 0.1) is 11.8 Å². The van der Waals surface area contributed by atoms with Crippen LogP contribution in [0.15, 0.2) is 24.3 Å². The summed E-state index contributed by atoms with van der Waals surface area (Å²) >= 11 is 0. The Morgan fingerprint density at radius 2 is 1.68 bits per heavy atom. The maximum Gasteiger partial charge on any atom is 0.227 e. The van der Waals surface area contributed by atoms with Crippen molar-refractivity contribution >= 4 is 11.6 Å². The number of hydrogen-bond donors (Lipinski definition) is 2. The van der Waals surface area contributed by atoms with E-state index < -0.39 is 0 Å². The molecule has 3 saturated carbocycles. The number of para-hydroxylation sites is 2. The quantitative estimate of drug-likeness (QED) is 0.866. The molecule has 1 amide bonds. The number of carbonyl (C=O) groups excluding carboxylic acids is 1. The first kappa shape index (κ1) is 16.9. The summed E-state index contributed by atoms with van der Waals surface area (Å²) in [5.74, 6) is 2.10. The predicted octanol–water partition coefficient (Wildman–Crippen LogP) is 4.10. The van der Waals surface area contributed by atoms with Crippen LogP contribution in [0.1, 0.15) is 57.8 Å². The van der Waals surface area contributed by atoms with Crippen molar-refractivity contribution in [1.82, 2.24) is 0 Å². The molecule has 25 heavy (non-hydrogen) atoms. The number of anilines is 1. The molecule has 2 unspecified atom stereocenters. The summed E-state index contributed by atoms with van der Waals surface area (Å²) in [5.41, 5.74) is 7.18. The highest BCUT2D eigenvalue weighted by Crippen LogP contribution is 2.42. The first-order valence-corrected chi connectivity index (χ1v) is 10.0. The second kappa shape index (κ2) is 7.36. The molecule has 4 rings (SSSR count). The number of hydrogen-bond acceptors (Lipinski definition) is 3. The van der Waals surface area contributed by atoms with Crippen molar-refractivity contribution in [2.24, 2.45) is 23.5 Å². The van der Waals surface area contributed by atoms with Gasteiger partial charge in [0.1, 0.15) is 5.75 Å². The van der Waals surface area contributed by atoms with Crippen molar-refractivity contribution in [3.63, 3.8) is 0 Å². The molecule has 0 aromatic heterocycles. The van der Waals surface area contributed by atoms with E-state index in [0.29, 0.717) is 24.0 Å². The summed E-state index contributed by atoms with van der Waals surface area (Å²) in [6, 6.07) is 8.17. The van der Waals surface area contributed by atoms with Gasteiger partial charge in [-0.25, -0.2) is 0 Å². The van der Waals surface area contributed by atoms with E-state index in [-0.39, 0.29) is 11.8 Å². The molecule has 0 spiro atoms. The van der Waals surface area contributed by atoms with Crippen LogP contribution in [-0.2, 0) is 4.79 Å². The molecule has 1 aromatic carbocycles. The lowest BCUT2D eigenvalue weighted by Gasteiger charge is -2.43. The molecular formula is C21H30N2O2. The minimum Gasteiger partial charge on any atom is -0.488 e. The zero-order valence-corrected chi connectivity index (χ0v) is 15.0. The third kappa shape index (κ3) is 3.69. The van der Waals surface area contributed by atoms with Crippen molar-refractivity contribution in [2.75, 3.05) is 5.32 Å². The summed E-state index contributed by atoms with van der Waals surface area (Å²) < 4.78 is 6.15. The van der Waals surface area contributed by atoms with E-state index in [1.165, 1.54) is 32.1 Å². The number of nitrogens with one attached hydrogen (secondary N) is 1. The average molecular weight is 342 g/mol. The maximum absolute atomic E-state index is 12.9. The minimum atomic E-state index is 0.0923. The van der Waals surface area contributed by atoms with Gasteiger partial charge in [-0.3, -0.25) is 4.79 Å². The normalized spacial score (nSPS) is 32.4. The van der Waals surface area contributed by atoms with Crippen molar-refractivity contribution in [1.29, 1.82) is 0 Å². The Kier molecular flexibility index (Phi) is 4.98. The van der Waals surface area contributed by atoms with Gasteiger partial charge in [-0.05, 0) is 75.3 Å². The lowest BCUT2D eigenvalue weighted by molar-refractivity contribution is -0.122. The van der Waals surface area contributed by atoms with Gasteiger partial charge in [-0.2, -0.15) is 0 Å². The number of nitrogens with two attached hydrogens (primary N) is 1. The zero-order valence-electron chi connectivity index (χ0n) is 15.0.